The molecule has 0 aliphatic rings. The molecule has 11 heteroatoms. The second-order valence-corrected chi connectivity index (χ2v) is 5.57. The second-order valence-electron chi connectivity index (χ2n) is 3.37. The first kappa shape index (κ1) is 17.6. The maximum Gasteiger partial charge on any atom is 1.00 e. The average Bonchev–Trinajstić information content (AvgIpc) is 2.38. The quantitative estimate of drug-likeness (QED) is 0.382. The zero-order valence-electron chi connectivity index (χ0n) is 10.1. The molecule has 0 spiro atoms. The molecule has 0 fully saturated rings. The zero-order chi connectivity index (χ0) is 14.0. The summed E-state index contributed by atoms with van der Waals surface area (Å²) in [6, 6.07) is 5.12. The van der Waals surface area contributed by atoms with E-state index in [4.69, 9.17) is 23.6 Å². The first-order valence-electron chi connectivity index (χ1n) is 4.76. The minimum absolute atomic E-state index is 0. The summed E-state index contributed by atoms with van der Waals surface area (Å²) in [7, 11) is -4.67. The molecule has 0 bridgehead atoms. The Morgan fingerprint density at radius 1 is 1.20 bits per heavy atom. The van der Waals surface area contributed by atoms with Crippen LogP contribution in [0.5, 0.6) is 0 Å². The Kier molecular flexibility index (Phi) is 6.14. The Morgan fingerprint density at radius 3 is 2.40 bits per heavy atom. The molecule has 0 aliphatic carbocycles. The summed E-state index contributed by atoms with van der Waals surface area (Å²) in [5.41, 5.74) is 0.500. The zero-order valence-corrected chi connectivity index (χ0v) is 14.4. The molecular weight excluding hydrogens is 338 g/mol. The third-order valence-electron chi connectivity index (χ3n) is 2.21. The van der Waals surface area contributed by atoms with Crippen molar-refractivity contribution >= 4 is 39.4 Å². The molecule has 7 nitrogen and oxygen atoms in total. The molecule has 0 saturated heterocycles. The van der Waals surface area contributed by atoms with Crippen LogP contribution in [0.25, 0.3) is 11.3 Å². The van der Waals surface area contributed by atoms with Gasteiger partial charge in [0.25, 0.3) is 0 Å². The fourth-order valence-corrected chi connectivity index (χ4v) is 2.30. The fourth-order valence-electron chi connectivity index (χ4n) is 1.43. The van der Waals surface area contributed by atoms with Crippen LogP contribution in [0.3, 0.4) is 0 Å². The van der Waals surface area contributed by atoms with Gasteiger partial charge >= 0.3 is 29.6 Å². The molecule has 0 amide bonds. The Hall–Kier alpha value is -0.480. The van der Waals surface area contributed by atoms with Gasteiger partial charge in [0.05, 0.1) is 22.5 Å². The van der Waals surface area contributed by atoms with E-state index in [-0.39, 0.29) is 46.5 Å². The smallest absolute Gasteiger partial charge is 0.744 e. The van der Waals surface area contributed by atoms with Gasteiger partial charge in [0, 0.05) is 29.1 Å². The Balaban J connectivity index is 0.00000200. The van der Waals surface area contributed by atoms with E-state index in [2.05, 4.69) is 15.4 Å². The van der Waals surface area contributed by atoms with Crippen LogP contribution in [0.2, 0.25) is 0 Å². The normalized spacial score (nSPS) is 10.8. The summed E-state index contributed by atoms with van der Waals surface area (Å²) < 4.78 is 34.4. The minimum atomic E-state index is -4.67. The largest absolute Gasteiger partial charge is 1.00 e. The van der Waals surface area contributed by atoms with Crippen LogP contribution < -0.4 is 33.5 Å². The molecule has 0 radical (unpaired) electrons. The van der Waals surface area contributed by atoms with Crippen molar-refractivity contribution < 1.29 is 42.5 Å². The van der Waals surface area contributed by atoms with Gasteiger partial charge in [0.2, 0.25) is 0 Å². The van der Waals surface area contributed by atoms with Crippen LogP contribution in [0.4, 0.5) is 5.69 Å². The van der Waals surface area contributed by atoms with E-state index in [9.17, 15) is 13.0 Å². The summed E-state index contributed by atoms with van der Waals surface area (Å²) >= 11 is 11.1. The van der Waals surface area contributed by atoms with Crippen molar-refractivity contribution in [3.63, 3.8) is 0 Å². The predicted molar refractivity (Wildman–Crippen MR) is 67.4 cm³/mol. The predicted octanol–water partition coefficient (Wildman–Crippen LogP) is -1.44. The third kappa shape index (κ3) is 4.01. The summed E-state index contributed by atoms with van der Waals surface area (Å²) in [6.45, 7) is 0. The maximum absolute atomic E-state index is 11.2. The van der Waals surface area contributed by atoms with Gasteiger partial charge in [-0.25, -0.2) is 8.42 Å². The summed E-state index contributed by atoms with van der Waals surface area (Å²) in [4.78, 5) is -0.438. The van der Waals surface area contributed by atoms with Crippen molar-refractivity contribution in [2.75, 3.05) is 3.94 Å². The fraction of sp³-hybridized carbons (Fsp3) is 0. The number of halogens is 2. The van der Waals surface area contributed by atoms with Crippen molar-refractivity contribution in [3.05, 3.63) is 30.5 Å². The topological polar surface area (TPSA) is 99.1 Å². The van der Waals surface area contributed by atoms with Crippen molar-refractivity contribution in [2.24, 2.45) is 0 Å². The van der Waals surface area contributed by atoms with E-state index in [0.717, 1.165) is 10.0 Å². The molecule has 1 aromatic carbocycles. The first-order chi connectivity index (χ1) is 8.89. The van der Waals surface area contributed by atoms with Gasteiger partial charge in [-0.15, -0.1) is 10.2 Å². The SMILES string of the molecule is O=S(=O)([O-])c1ccc(N(Cl)Cl)cc1-c1ccnnn1.[Na+]. The third-order valence-corrected chi connectivity index (χ3v) is 3.49. The number of anilines is 1. The van der Waals surface area contributed by atoms with Crippen molar-refractivity contribution in [2.45, 2.75) is 4.90 Å². The first-order valence-corrected chi connectivity index (χ1v) is 6.84. The number of aromatic nitrogens is 3. The van der Waals surface area contributed by atoms with Crippen LogP contribution in [0.15, 0.2) is 35.4 Å². The number of nitrogens with zero attached hydrogens (tertiary/aromatic N) is 4. The molecule has 1 aromatic heterocycles. The van der Waals surface area contributed by atoms with E-state index in [0.29, 0.717) is 0 Å². The molecule has 2 rings (SSSR count). The van der Waals surface area contributed by atoms with Crippen molar-refractivity contribution in [3.8, 4) is 11.3 Å². The summed E-state index contributed by atoms with van der Waals surface area (Å²) in [5.74, 6) is 0. The van der Waals surface area contributed by atoms with E-state index >= 15 is 0 Å². The standard InChI is InChI=1S/C9H6Cl2N4O3S.Na/c10-15(11)6-1-2-9(19(16,17)18)7(5-6)8-3-4-12-14-13-8;/h1-5H,(H,16,17,18);/q;+1/p-1. The molecule has 20 heavy (non-hydrogen) atoms. The number of hydrogen-bond donors (Lipinski definition) is 0. The van der Waals surface area contributed by atoms with Crippen molar-refractivity contribution in [1.29, 1.82) is 0 Å². The molecule has 0 N–H and O–H groups in total. The van der Waals surface area contributed by atoms with Gasteiger partial charge in [0.15, 0.2) is 0 Å². The molecule has 0 atom stereocenters. The summed E-state index contributed by atoms with van der Waals surface area (Å²) in [5, 5.41) is 10.5. The van der Waals surface area contributed by atoms with Gasteiger partial charge in [-0.05, 0) is 29.5 Å². The van der Waals surface area contributed by atoms with Gasteiger partial charge in [-0.3, -0.25) is 0 Å². The van der Waals surface area contributed by atoms with E-state index < -0.39 is 15.0 Å². The summed E-state index contributed by atoms with van der Waals surface area (Å²) in [6.07, 6.45) is 1.31. The molecule has 0 saturated carbocycles. The number of hydrogen-bond acceptors (Lipinski definition) is 7. The second kappa shape index (κ2) is 6.99. The maximum atomic E-state index is 11.2. The van der Waals surface area contributed by atoms with Gasteiger partial charge in [-0.2, -0.15) is 3.94 Å². The van der Waals surface area contributed by atoms with Crippen LogP contribution in [-0.2, 0) is 10.1 Å². The van der Waals surface area contributed by atoms with Gasteiger partial charge in [0.1, 0.15) is 10.1 Å². The molecule has 100 valence electrons. The van der Waals surface area contributed by atoms with Crippen LogP contribution in [-0.4, -0.2) is 28.4 Å². The Morgan fingerprint density at radius 2 is 1.90 bits per heavy atom. The number of benzene rings is 1. The molecule has 0 aliphatic heterocycles. The molecule has 1 heterocycles. The Bertz CT molecular complexity index is 700. The minimum Gasteiger partial charge on any atom is -0.744 e. The monoisotopic (exact) mass is 342 g/mol. The van der Waals surface area contributed by atoms with Gasteiger partial charge in [-0.1, -0.05) is 0 Å². The average molecular weight is 343 g/mol. The molecule has 2 aromatic rings. The van der Waals surface area contributed by atoms with Crippen LogP contribution in [0, 0.1) is 0 Å². The van der Waals surface area contributed by atoms with Crippen molar-refractivity contribution in [1.82, 2.24) is 15.4 Å². The van der Waals surface area contributed by atoms with E-state index in [1.54, 1.807) is 0 Å². The van der Waals surface area contributed by atoms with E-state index in [1.165, 1.54) is 24.4 Å². The number of rotatable bonds is 3. The van der Waals surface area contributed by atoms with Crippen LogP contribution in [0.1, 0.15) is 0 Å². The van der Waals surface area contributed by atoms with Crippen LogP contribution >= 0.6 is 23.6 Å². The Labute approximate surface area is 147 Å². The van der Waals surface area contributed by atoms with E-state index in [1.807, 2.05) is 0 Å². The molecule has 0 unspecified atom stereocenters. The molecular formula is C9H5Cl2N4NaO3S. The van der Waals surface area contributed by atoms with Gasteiger partial charge < -0.3 is 4.55 Å².